The van der Waals surface area contributed by atoms with Gasteiger partial charge in [0.15, 0.2) is 0 Å². The quantitative estimate of drug-likeness (QED) is 0.695. The summed E-state index contributed by atoms with van der Waals surface area (Å²) in [5.74, 6) is 0.0567. The minimum absolute atomic E-state index is 0.0567. The molecule has 0 aromatic heterocycles. The molecule has 0 aliphatic carbocycles. The van der Waals surface area contributed by atoms with Crippen LogP contribution < -0.4 is 5.73 Å². The van der Waals surface area contributed by atoms with E-state index in [0.29, 0.717) is 6.42 Å². The topological polar surface area (TPSA) is 69.4 Å². The number of ether oxygens (including phenoxy) is 1. The van der Waals surface area contributed by atoms with Crippen molar-refractivity contribution in [3.63, 3.8) is 0 Å². The molecule has 0 saturated carbocycles. The largest absolute Gasteiger partial charge is 0.443 e. The Morgan fingerprint density at radius 1 is 1.42 bits per heavy atom. The summed E-state index contributed by atoms with van der Waals surface area (Å²) in [6.45, 7) is 5.08. The Kier molecular flexibility index (Phi) is 3.73. The predicted octanol–water partition coefficient (Wildman–Crippen LogP) is 1.23. The van der Waals surface area contributed by atoms with Gasteiger partial charge in [-0.25, -0.2) is 4.79 Å². The summed E-state index contributed by atoms with van der Waals surface area (Å²) < 4.78 is 4.73. The van der Waals surface area contributed by atoms with Gasteiger partial charge in [0.1, 0.15) is 11.4 Å². The monoisotopic (exact) mass is 173 g/mol. The molecular formula is C8H15NO3. The van der Waals surface area contributed by atoms with Crippen molar-refractivity contribution in [2.24, 2.45) is 5.73 Å². The van der Waals surface area contributed by atoms with Crippen molar-refractivity contribution in [1.82, 2.24) is 0 Å². The summed E-state index contributed by atoms with van der Waals surface area (Å²) in [6, 6.07) is 0. The molecule has 2 N–H and O–H groups in total. The molecule has 0 atom stereocenters. The lowest BCUT2D eigenvalue weighted by Gasteiger charge is -2.22. The van der Waals surface area contributed by atoms with E-state index in [1.165, 1.54) is 0 Å². The van der Waals surface area contributed by atoms with E-state index in [0.717, 1.165) is 0 Å². The van der Waals surface area contributed by atoms with Crippen LogP contribution in [-0.2, 0) is 9.53 Å². The Morgan fingerprint density at radius 2 is 1.92 bits per heavy atom. The molecule has 70 valence electrons. The highest BCUT2D eigenvalue weighted by Gasteiger charge is 2.24. The molecule has 0 fully saturated rings. The summed E-state index contributed by atoms with van der Waals surface area (Å²) in [5.41, 5.74) is 4.04. The molecule has 0 aromatic carbocycles. The summed E-state index contributed by atoms with van der Waals surface area (Å²) in [7, 11) is 0. The van der Waals surface area contributed by atoms with Gasteiger partial charge in [0.25, 0.3) is 0 Å². The summed E-state index contributed by atoms with van der Waals surface area (Å²) in [5, 5.41) is 0. The molecule has 0 aromatic rings. The van der Waals surface area contributed by atoms with Gasteiger partial charge in [-0.1, -0.05) is 6.92 Å². The van der Waals surface area contributed by atoms with Crippen LogP contribution >= 0.6 is 0 Å². The lowest BCUT2D eigenvalue weighted by Crippen LogP contribution is -2.33. The molecule has 0 heterocycles. The molecule has 0 aliphatic heterocycles. The van der Waals surface area contributed by atoms with Gasteiger partial charge in [-0.2, -0.15) is 0 Å². The molecule has 0 bridgehead atoms. The normalized spacial score (nSPS) is 10.9. The van der Waals surface area contributed by atoms with Gasteiger partial charge in [-0.15, -0.1) is 0 Å². The van der Waals surface area contributed by atoms with Crippen LogP contribution in [0, 0.1) is 0 Å². The first-order valence-electron chi connectivity index (χ1n) is 3.87. The third-order valence-corrected chi connectivity index (χ3v) is 1.39. The van der Waals surface area contributed by atoms with Crippen LogP contribution in [0.15, 0.2) is 0 Å². The zero-order chi connectivity index (χ0) is 9.78. The van der Waals surface area contributed by atoms with E-state index in [1.54, 1.807) is 20.8 Å². The van der Waals surface area contributed by atoms with Crippen LogP contribution in [0.25, 0.3) is 0 Å². The van der Waals surface area contributed by atoms with Crippen molar-refractivity contribution in [3.8, 4) is 0 Å². The Hall–Kier alpha value is -1.06. The Bertz CT molecular complexity index is 187. The van der Waals surface area contributed by atoms with Crippen LogP contribution in [0.2, 0.25) is 0 Å². The SMILES string of the molecule is CCC(=O)CC(C)(C)OC(N)=O. The molecule has 0 radical (unpaired) electrons. The molecule has 0 unspecified atom stereocenters. The van der Waals surface area contributed by atoms with Gasteiger partial charge in [0.2, 0.25) is 0 Å². The van der Waals surface area contributed by atoms with Crippen molar-refractivity contribution < 1.29 is 14.3 Å². The Balaban J connectivity index is 4.03. The standard InChI is InChI=1S/C8H15NO3/c1-4-6(10)5-8(2,3)12-7(9)11/h4-5H2,1-3H3,(H2,9,11). The van der Waals surface area contributed by atoms with E-state index in [4.69, 9.17) is 10.5 Å². The summed E-state index contributed by atoms with van der Waals surface area (Å²) in [4.78, 5) is 21.4. The fourth-order valence-electron chi connectivity index (χ4n) is 0.908. The second-order valence-electron chi connectivity index (χ2n) is 3.25. The van der Waals surface area contributed by atoms with Crippen LogP contribution in [0.3, 0.4) is 0 Å². The first-order chi connectivity index (χ1) is 5.37. The maximum Gasteiger partial charge on any atom is 0.405 e. The summed E-state index contributed by atoms with van der Waals surface area (Å²) in [6.07, 6.45) is -0.179. The second-order valence-corrected chi connectivity index (χ2v) is 3.25. The Morgan fingerprint density at radius 3 is 2.25 bits per heavy atom. The van der Waals surface area contributed by atoms with Gasteiger partial charge >= 0.3 is 6.09 Å². The van der Waals surface area contributed by atoms with E-state index >= 15 is 0 Å². The lowest BCUT2D eigenvalue weighted by atomic mass is 10.0. The molecule has 4 nitrogen and oxygen atoms in total. The van der Waals surface area contributed by atoms with Crippen LogP contribution in [0.5, 0.6) is 0 Å². The lowest BCUT2D eigenvalue weighted by molar-refractivity contribution is -0.122. The van der Waals surface area contributed by atoms with Crippen LogP contribution in [0.1, 0.15) is 33.6 Å². The molecule has 4 heteroatoms. The number of carbonyl (C=O) groups excluding carboxylic acids is 2. The molecule has 1 amide bonds. The van der Waals surface area contributed by atoms with Gasteiger partial charge < -0.3 is 10.5 Å². The number of Topliss-reactive ketones (excluding diaryl/α,β-unsaturated/α-hetero) is 1. The van der Waals surface area contributed by atoms with Crippen molar-refractivity contribution in [3.05, 3.63) is 0 Å². The summed E-state index contributed by atoms with van der Waals surface area (Å²) >= 11 is 0. The number of amides is 1. The number of hydrogen-bond acceptors (Lipinski definition) is 3. The first kappa shape index (κ1) is 10.9. The average molecular weight is 173 g/mol. The average Bonchev–Trinajstić information content (AvgIpc) is 1.83. The van der Waals surface area contributed by atoms with E-state index in [9.17, 15) is 9.59 Å². The van der Waals surface area contributed by atoms with E-state index < -0.39 is 11.7 Å². The van der Waals surface area contributed by atoms with Gasteiger partial charge in [0, 0.05) is 12.8 Å². The molecule has 0 spiro atoms. The number of rotatable bonds is 4. The number of carbonyl (C=O) groups is 2. The van der Waals surface area contributed by atoms with E-state index in [-0.39, 0.29) is 12.2 Å². The highest BCUT2D eigenvalue weighted by molar-refractivity contribution is 5.79. The highest BCUT2D eigenvalue weighted by Crippen LogP contribution is 2.15. The van der Waals surface area contributed by atoms with Crippen molar-refractivity contribution >= 4 is 11.9 Å². The molecule has 0 saturated heterocycles. The van der Waals surface area contributed by atoms with E-state index in [2.05, 4.69) is 0 Å². The second kappa shape index (κ2) is 4.09. The third kappa shape index (κ3) is 4.71. The minimum Gasteiger partial charge on any atom is -0.443 e. The molecule has 12 heavy (non-hydrogen) atoms. The number of primary amides is 1. The van der Waals surface area contributed by atoms with Crippen LogP contribution in [-0.4, -0.2) is 17.5 Å². The van der Waals surface area contributed by atoms with Gasteiger partial charge in [0.05, 0.1) is 0 Å². The molecular weight excluding hydrogens is 158 g/mol. The van der Waals surface area contributed by atoms with Crippen LogP contribution in [0.4, 0.5) is 4.79 Å². The van der Waals surface area contributed by atoms with E-state index in [1.807, 2.05) is 0 Å². The molecule has 0 rings (SSSR count). The smallest absolute Gasteiger partial charge is 0.405 e. The zero-order valence-electron chi connectivity index (χ0n) is 7.72. The Labute approximate surface area is 72.1 Å². The fraction of sp³-hybridized carbons (Fsp3) is 0.750. The zero-order valence-corrected chi connectivity index (χ0v) is 7.72. The number of hydrogen-bond donors (Lipinski definition) is 1. The predicted molar refractivity (Wildman–Crippen MR) is 44.7 cm³/mol. The van der Waals surface area contributed by atoms with Crippen molar-refractivity contribution in [1.29, 1.82) is 0 Å². The highest BCUT2D eigenvalue weighted by atomic mass is 16.6. The third-order valence-electron chi connectivity index (χ3n) is 1.39. The first-order valence-corrected chi connectivity index (χ1v) is 3.87. The molecule has 0 aliphatic rings. The number of nitrogens with two attached hydrogens (primary N) is 1. The maximum absolute atomic E-state index is 11.0. The maximum atomic E-state index is 11.0. The number of ketones is 1. The fourth-order valence-corrected chi connectivity index (χ4v) is 0.908. The van der Waals surface area contributed by atoms with Gasteiger partial charge in [-0.3, -0.25) is 4.79 Å². The van der Waals surface area contributed by atoms with Crippen molar-refractivity contribution in [2.75, 3.05) is 0 Å². The van der Waals surface area contributed by atoms with Crippen molar-refractivity contribution in [2.45, 2.75) is 39.2 Å². The minimum atomic E-state index is -0.844. The van der Waals surface area contributed by atoms with Gasteiger partial charge in [-0.05, 0) is 13.8 Å².